The molecule has 6 nitrogen and oxygen atoms in total. The normalized spacial score (nSPS) is 17.1. The number of nitrogens with two attached hydrogens (primary N) is 1. The number of nitrogens with one attached hydrogen (secondary N) is 2. The average Bonchev–Trinajstić information content (AvgIpc) is 3.04. The Labute approximate surface area is 93.2 Å². The van der Waals surface area contributed by atoms with Crippen LogP contribution in [0.25, 0.3) is 0 Å². The number of amides is 1. The van der Waals surface area contributed by atoms with Crippen molar-refractivity contribution in [3.8, 4) is 0 Å². The van der Waals surface area contributed by atoms with Crippen molar-refractivity contribution in [3.63, 3.8) is 0 Å². The summed E-state index contributed by atoms with van der Waals surface area (Å²) < 4.78 is 0. The van der Waals surface area contributed by atoms with Crippen LogP contribution < -0.4 is 11.1 Å². The van der Waals surface area contributed by atoms with Gasteiger partial charge in [-0.05, 0) is 25.7 Å². The minimum absolute atomic E-state index is 0.195. The molecule has 0 radical (unpaired) electrons. The molecule has 1 atom stereocenters. The smallest absolute Gasteiger partial charge is 0.274 e. The fourth-order valence-corrected chi connectivity index (χ4v) is 1.54. The number of carbonyl (C=O) groups is 1. The van der Waals surface area contributed by atoms with Crippen LogP contribution in [-0.4, -0.2) is 33.9 Å². The Kier molecular flexibility index (Phi) is 2.82. The highest BCUT2D eigenvalue weighted by molar-refractivity contribution is 5.97. The van der Waals surface area contributed by atoms with Crippen molar-refractivity contribution in [2.24, 2.45) is 5.92 Å². The lowest BCUT2D eigenvalue weighted by Crippen LogP contribution is -2.33. The highest BCUT2D eigenvalue weighted by atomic mass is 16.3. The molecule has 0 spiro atoms. The zero-order valence-electron chi connectivity index (χ0n) is 9.16. The number of aryl methyl sites for hydroxylation is 1. The standard InChI is InChI=1S/C10H16N4O2/c1-5-8(11)9(14-13-5)10(16)12-4-7(15)6-2-3-6/h6-7,15H,2-4,11H2,1H3,(H,12,16)(H,13,14). The average molecular weight is 224 g/mol. The second kappa shape index (κ2) is 4.13. The van der Waals surface area contributed by atoms with Gasteiger partial charge in [0.2, 0.25) is 0 Å². The van der Waals surface area contributed by atoms with Crippen molar-refractivity contribution in [2.75, 3.05) is 12.3 Å². The molecule has 1 aliphatic carbocycles. The van der Waals surface area contributed by atoms with Gasteiger partial charge in [-0.1, -0.05) is 0 Å². The Morgan fingerprint density at radius 3 is 2.94 bits per heavy atom. The van der Waals surface area contributed by atoms with Gasteiger partial charge in [-0.3, -0.25) is 9.89 Å². The maximum absolute atomic E-state index is 11.6. The molecule has 1 aliphatic rings. The Hall–Kier alpha value is -1.56. The summed E-state index contributed by atoms with van der Waals surface area (Å²) in [6.07, 6.45) is 1.63. The van der Waals surface area contributed by atoms with Gasteiger partial charge in [-0.15, -0.1) is 0 Å². The number of hydrogen-bond acceptors (Lipinski definition) is 4. The lowest BCUT2D eigenvalue weighted by molar-refractivity contribution is 0.0897. The van der Waals surface area contributed by atoms with Crippen LogP contribution in [0.5, 0.6) is 0 Å². The summed E-state index contributed by atoms with van der Waals surface area (Å²) >= 11 is 0. The van der Waals surface area contributed by atoms with Gasteiger partial charge >= 0.3 is 0 Å². The SMILES string of the molecule is Cc1[nH]nc(C(=O)NCC(O)C2CC2)c1N. The molecule has 5 N–H and O–H groups in total. The van der Waals surface area contributed by atoms with Crippen molar-refractivity contribution in [1.82, 2.24) is 15.5 Å². The van der Waals surface area contributed by atoms with Gasteiger partial charge in [0.1, 0.15) is 0 Å². The summed E-state index contributed by atoms with van der Waals surface area (Å²) in [5.41, 5.74) is 6.89. The lowest BCUT2D eigenvalue weighted by Gasteiger charge is -2.09. The Morgan fingerprint density at radius 2 is 2.44 bits per heavy atom. The lowest BCUT2D eigenvalue weighted by atomic mass is 10.2. The molecule has 1 amide bonds. The van der Waals surface area contributed by atoms with Crippen LogP contribution in [0.1, 0.15) is 29.0 Å². The van der Waals surface area contributed by atoms with E-state index in [0.29, 0.717) is 17.3 Å². The van der Waals surface area contributed by atoms with Crippen LogP contribution in [0.15, 0.2) is 0 Å². The molecule has 1 saturated carbocycles. The Bertz CT molecular complexity index is 398. The molecule has 16 heavy (non-hydrogen) atoms. The van der Waals surface area contributed by atoms with E-state index in [1.54, 1.807) is 6.92 Å². The molecule has 88 valence electrons. The number of hydrogen-bond donors (Lipinski definition) is 4. The van der Waals surface area contributed by atoms with Gasteiger partial charge in [-0.2, -0.15) is 5.10 Å². The molecule has 2 rings (SSSR count). The maximum atomic E-state index is 11.6. The van der Waals surface area contributed by atoms with E-state index in [1.807, 2.05) is 0 Å². The first-order valence-corrected chi connectivity index (χ1v) is 5.36. The molecular formula is C10H16N4O2. The summed E-state index contributed by atoms with van der Waals surface area (Å²) in [6.45, 7) is 2.01. The van der Waals surface area contributed by atoms with E-state index >= 15 is 0 Å². The van der Waals surface area contributed by atoms with Crippen molar-refractivity contribution < 1.29 is 9.90 Å². The topological polar surface area (TPSA) is 104 Å². The highest BCUT2D eigenvalue weighted by Gasteiger charge is 2.30. The number of aliphatic hydroxyl groups excluding tert-OH is 1. The summed E-state index contributed by atoms with van der Waals surface area (Å²) in [6, 6.07) is 0. The van der Waals surface area contributed by atoms with Crippen molar-refractivity contribution in [1.29, 1.82) is 0 Å². The molecule has 1 aromatic rings. The third-order valence-electron chi connectivity index (χ3n) is 2.85. The Morgan fingerprint density at radius 1 is 1.75 bits per heavy atom. The van der Waals surface area contributed by atoms with Crippen LogP contribution in [0.3, 0.4) is 0 Å². The van der Waals surface area contributed by atoms with E-state index in [0.717, 1.165) is 12.8 Å². The van der Waals surface area contributed by atoms with Crippen molar-refractivity contribution in [3.05, 3.63) is 11.4 Å². The monoisotopic (exact) mass is 224 g/mol. The first-order valence-electron chi connectivity index (χ1n) is 5.36. The molecule has 0 aliphatic heterocycles. The second-order valence-electron chi connectivity index (χ2n) is 4.23. The first kappa shape index (κ1) is 10.9. The third-order valence-corrected chi connectivity index (χ3v) is 2.85. The van der Waals surface area contributed by atoms with Crippen molar-refractivity contribution in [2.45, 2.75) is 25.9 Å². The molecule has 1 aromatic heterocycles. The minimum atomic E-state index is -0.454. The molecule has 1 fully saturated rings. The molecule has 0 bridgehead atoms. The maximum Gasteiger partial charge on any atom is 0.274 e. The summed E-state index contributed by atoms with van der Waals surface area (Å²) in [4.78, 5) is 11.6. The van der Waals surface area contributed by atoms with E-state index in [9.17, 15) is 9.90 Å². The van der Waals surface area contributed by atoms with Crippen LogP contribution in [0.4, 0.5) is 5.69 Å². The van der Waals surface area contributed by atoms with E-state index < -0.39 is 6.10 Å². The fraction of sp³-hybridized carbons (Fsp3) is 0.600. The molecule has 0 aromatic carbocycles. The number of aromatic amines is 1. The molecular weight excluding hydrogens is 208 g/mol. The summed E-state index contributed by atoms with van der Waals surface area (Å²) in [7, 11) is 0. The summed E-state index contributed by atoms with van der Waals surface area (Å²) in [5.74, 6) is 0.000108. The van der Waals surface area contributed by atoms with E-state index in [-0.39, 0.29) is 18.1 Å². The zero-order valence-corrected chi connectivity index (χ0v) is 9.16. The first-order chi connectivity index (χ1) is 7.59. The Balaban J connectivity index is 1.90. The molecule has 0 saturated heterocycles. The zero-order chi connectivity index (χ0) is 11.7. The number of H-pyrrole nitrogens is 1. The highest BCUT2D eigenvalue weighted by Crippen LogP contribution is 2.32. The number of aromatic nitrogens is 2. The number of anilines is 1. The predicted octanol–water partition coefficient (Wildman–Crippen LogP) is -0.199. The number of rotatable bonds is 4. The third kappa shape index (κ3) is 2.16. The van der Waals surface area contributed by atoms with Crippen LogP contribution in [0, 0.1) is 12.8 Å². The van der Waals surface area contributed by atoms with Gasteiger partial charge in [0.25, 0.3) is 5.91 Å². The minimum Gasteiger partial charge on any atom is -0.395 e. The largest absolute Gasteiger partial charge is 0.395 e. The van der Waals surface area contributed by atoms with Gasteiger partial charge in [0.05, 0.1) is 17.5 Å². The second-order valence-corrected chi connectivity index (χ2v) is 4.23. The fourth-order valence-electron chi connectivity index (χ4n) is 1.54. The molecule has 1 unspecified atom stereocenters. The number of carbonyl (C=O) groups excluding carboxylic acids is 1. The van der Waals surface area contributed by atoms with E-state index in [1.165, 1.54) is 0 Å². The number of nitrogen functional groups attached to an aromatic ring is 1. The number of aliphatic hydroxyl groups is 1. The molecule has 1 heterocycles. The van der Waals surface area contributed by atoms with E-state index in [4.69, 9.17) is 5.73 Å². The van der Waals surface area contributed by atoms with Crippen LogP contribution >= 0.6 is 0 Å². The van der Waals surface area contributed by atoms with Crippen molar-refractivity contribution >= 4 is 11.6 Å². The van der Waals surface area contributed by atoms with Gasteiger partial charge in [0, 0.05) is 6.54 Å². The summed E-state index contributed by atoms with van der Waals surface area (Å²) in [5, 5.41) is 18.7. The predicted molar refractivity (Wildman–Crippen MR) is 58.8 cm³/mol. The number of nitrogens with zero attached hydrogens (tertiary/aromatic N) is 1. The van der Waals surface area contributed by atoms with Gasteiger partial charge < -0.3 is 16.2 Å². The van der Waals surface area contributed by atoms with Crippen LogP contribution in [0.2, 0.25) is 0 Å². The molecule has 6 heteroatoms. The van der Waals surface area contributed by atoms with Gasteiger partial charge in [0.15, 0.2) is 5.69 Å². The van der Waals surface area contributed by atoms with Crippen LogP contribution in [-0.2, 0) is 0 Å². The van der Waals surface area contributed by atoms with E-state index in [2.05, 4.69) is 15.5 Å². The quantitative estimate of drug-likeness (QED) is 0.568. The van der Waals surface area contributed by atoms with Gasteiger partial charge in [-0.25, -0.2) is 0 Å².